The Labute approximate surface area is 109 Å². The van der Waals surface area contributed by atoms with Gasteiger partial charge in [0.2, 0.25) is 0 Å². The fourth-order valence-electron chi connectivity index (χ4n) is 1.73. The topological polar surface area (TPSA) is 67.6 Å². The molecule has 0 atom stereocenters. The van der Waals surface area contributed by atoms with Crippen LogP contribution in [0.1, 0.15) is 5.56 Å². The van der Waals surface area contributed by atoms with E-state index in [9.17, 15) is 0 Å². The monoisotopic (exact) mass is 256 g/mol. The maximum absolute atomic E-state index is 5.80. The Balaban J connectivity index is 2.00. The standard InChI is InChI=1S/C13H12N4S/c1-8-7-9(4-5-10(8)14)12-15-13(17-16-12)11-3-2-6-18-11/h2-7H,14H2,1H3,(H,15,16,17). The normalized spacial score (nSPS) is 10.7. The summed E-state index contributed by atoms with van der Waals surface area (Å²) < 4.78 is 0. The first kappa shape index (κ1) is 11.0. The number of aromatic nitrogens is 3. The highest BCUT2D eigenvalue weighted by molar-refractivity contribution is 7.13. The van der Waals surface area contributed by atoms with Crippen LogP contribution in [0.3, 0.4) is 0 Å². The molecule has 3 N–H and O–H groups in total. The molecule has 0 aliphatic rings. The van der Waals surface area contributed by atoms with Gasteiger partial charge in [0, 0.05) is 11.3 Å². The zero-order valence-corrected chi connectivity index (χ0v) is 10.7. The van der Waals surface area contributed by atoms with Crippen LogP contribution in [0.15, 0.2) is 35.7 Å². The fraction of sp³-hybridized carbons (Fsp3) is 0.0769. The van der Waals surface area contributed by atoms with Crippen molar-refractivity contribution in [2.45, 2.75) is 6.92 Å². The molecular formula is C13H12N4S. The average Bonchev–Trinajstić information content (AvgIpc) is 3.01. The van der Waals surface area contributed by atoms with Gasteiger partial charge in [0.25, 0.3) is 0 Å². The molecule has 5 heteroatoms. The largest absolute Gasteiger partial charge is 0.399 e. The first-order valence-corrected chi connectivity index (χ1v) is 6.45. The molecule has 0 radical (unpaired) electrons. The van der Waals surface area contributed by atoms with Crippen molar-refractivity contribution in [1.29, 1.82) is 0 Å². The maximum atomic E-state index is 5.80. The van der Waals surface area contributed by atoms with E-state index in [4.69, 9.17) is 5.73 Å². The third kappa shape index (κ3) is 1.89. The lowest BCUT2D eigenvalue weighted by atomic mass is 10.1. The molecule has 3 rings (SSSR count). The Morgan fingerprint density at radius 1 is 1.28 bits per heavy atom. The molecule has 0 bridgehead atoms. The van der Waals surface area contributed by atoms with Crippen LogP contribution in [-0.4, -0.2) is 15.2 Å². The average molecular weight is 256 g/mol. The van der Waals surface area contributed by atoms with E-state index in [0.717, 1.165) is 27.5 Å². The van der Waals surface area contributed by atoms with Crippen molar-refractivity contribution in [2.75, 3.05) is 5.73 Å². The van der Waals surface area contributed by atoms with Gasteiger partial charge in [0.15, 0.2) is 11.6 Å². The number of H-pyrrole nitrogens is 1. The summed E-state index contributed by atoms with van der Waals surface area (Å²) in [7, 11) is 0. The number of nitrogen functional groups attached to an aromatic ring is 1. The van der Waals surface area contributed by atoms with Crippen LogP contribution in [0.2, 0.25) is 0 Å². The van der Waals surface area contributed by atoms with E-state index in [-0.39, 0.29) is 0 Å². The number of nitrogens with one attached hydrogen (secondary N) is 1. The Kier molecular flexibility index (Phi) is 2.60. The van der Waals surface area contributed by atoms with Crippen molar-refractivity contribution in [3.8, 4) is 22.1 Å². The zero-order valence-electron chi connectivity index (χ0n) is 9.84. The predicted octanol–water partition coefficient (Wildman–Crippen LogP) is 3.09. The first-order chi connectivity index (χ1) is 8.74. The SMILES string of the molecule is Cc1cc(-c2n[nH]c(-c3cccs3)n2)ccc1N. The van der Waals surface area contributed by atoms with Gasteiger partial charge < -0.3 is 5.73 Å². The maximum Gasteiger partial charge on any atom is 0.181 e. The van der Waals surface area contributed by atoms with E-state index in [1.807, 2.05) is 42.6 Å². The van der Waals surface area contributed by atoms with Crippen LogP contribution in [0, 0.1) is 6.92 Å². The second-order valence-electron chi connectivity index (χ2n) is 4.06. The molecule has 18 heavy (non-hydrogen) atoms. The van der Waals surface area contributed by atoms with Gasteiger partial charge in [-0.25, -0.2) is 4.98 Å². The lowest BCUT2D eigenvalue weighted by molar-refractivity contribution is 1.10. The minimum Gasteiger partial charge on any atom is -0.399 e. The van der Waals surface area contributed by atoms with E-state index < -0.39 is 0 Å². The molecule has 1 aromatic carbocycles. The highest BCUT2D eigenvalue weighted by Crippen LogP contribution is 2.25. The third-order valence-electron chi connectivity index (χ3n) is 2.77. The summed E-state index contributed by atoms with van der Waals surface area (Å²) in [4.78, 5) is 5.58. The molecule has 2 aromatic heterocycles. The van der Waals surface area contributed by atoms with Gasteiger partial charge in [-0.3, -0.25) is 5.10 Å². The van der Waals surface area contributed by atoms with Crippen molar-refractivity contribution >= 4 is 17.0 Å². The van der Waals surface area contributed by atoms with Crippen molar-refractivity contribution in [1.82, 2.24) is 15.2 Å². The molecule has 2 heterocycles. The Morgan fingerprint density at radius 3 is 2.89 bits per heavy atom. The Bertz CT molecular complexity index is 670. The number of hydrogen-bond acceptors (Lipinski definition) is 4. The summed E-state index contributed by atoms with van der Waals surface area (Å²) in [6, 6.07) is 9.82. The van der Waals surface area contributed by atoms with Gasteiger partial charge >= 0.3 is 0 Å². The van der Waals surface area contributed by atoms with Crippen LogP contribution < -0.4 is 5.73 Å². The van der Waals surface area contributed by atoms with Crippen LogP contribution in [0.25, 0.3) is 22.1 Å². The molecule has 0 unspecified atom stereocenters. The van der Waals surface area contributed by atoms with Crippen LogP contribution >= 0.6 is 11.3 Å². The molecular weight excluding hydrogens is 244 g/mol. The highest BCUT2D eigenvalue weighted by atomic mass is 32.1. The molecule has 0 aliphatic carbocycles. The van der Waals surface area contributed by atoms with E-state index in [1.165, 1.54) is 0 Å². The molecule has 0 amide bonds. The van der Waals surface area contributed by atoms with Crippen molar-refractivity contribution < 1.29 is 0 Å². The second-order valence-corrected chi connectivity index (χ2v) is 5.00. The van der Waals surface area contributed by atoms with Crippen LogP contribution in [-0.2, 0) is 0 Å². The lowest BCUT2D eigenvalue weighted by Gasteiger charge is -2.00. The van der Waals surface area contributed by atoms with Crippen molar-refractivity contribution in [3.05, 3.63) is 41.3 Å². The van der Waals surface area contributed by atoms with Crippen LogP contribution in [0.4, 0.5) is 5.69 Å². The van der Waals surface area contributed by atoms with E-state index in [1.54, 1.807) is 11.3 Å². The summed E-state index contributed by atoms with van der Waals surface area (Å²) in [6.07, 6.45) is 0. The van der Waals surface area contributed by atoms with Gasteiger partial charge in [-0.15, -0.1) is 11.3 Å². The van der Waals surface area contributed by atoms with Gasteiger partial charge in [-0.1, -0.05) is 6.07 Å². The summed E-state index contributed by atoms with van der Waals surface area (Å²) in [5.41, 5.74) is 8.60. The van der Waals surface area contributed by atoms with Crippen molar-refractivity contribution in [3.63, 3.8) is 0 Å². The number of benzene rings is 1. The van der Waals surface area contributed by atoms with E-state index in [0.29, 0.717) is 5.82 Å². The number of rotatable bonds is 2. The molecule has 0 fully saturated rings. The third-order valence-corrected chi connectivity index (χ3v) is 3.64. The fourth-order valence-corrected chi connectivity index (χ4v) is 2.39. The number of hydrogen-bond donors (Lipinski definition) is 2. The highest BCUT2D eigenvalue weighted by Gasteiger charge is 2.08. The van der Waals surface area contributed by atoms with Gasteiger partial charge in [-0.05, 0) is 42.1 Å². The molecule has 0 saturated heterocycles. The summed E-state index contributed by atoms with van der Waals surface area (Å²) in [5.74, 6) is 1.50. The van der Waals surface area contributed by atoms with E-state index >= 15 is 0 Å². The second kappa shape index (κ2) is 4.27. The molecule has 4 nitrogen and oxygen atoms in total. The number of anilines is 1. The first-order valence-electron chi connectivity index (χ1n) is 5.57. The quantitative estimate of drug-likeness (QED) is 0.692. The number of aryl methyl sites for hydroxylation is 1. The van der Waals surface area contributed by atoms with E-state index in [2.05, 4.69) is 15.2 Å². The lowest BCUT2D eigenvalue weighted by Crippen LogP contribution is -1.90. The van der Waals surface area contributed by atoms with Crippen LogP contribution in [0.5, 0.6) is 0 Å². The number of nitrogens with two attached hydrogens (primary N) is 1. The smallest absolute Gasteiger partial charge is 0.181 e. The zero-order chi connectivity index (χ0) is 12.5. The number of thiophene rings is 1. The predicted molar refractivity (Wildman–Crippen MR) is 74.3 cm³/mol. The summed E-state index contributed by atoms with van der Waals surface area (Å²) in [6.45, 7) is 1.98. The minimum absolute atomic E-state index is 0.696. The minimum atomic E-state index is 0.696. The molecule has 0 spiro atoms. The van der Waals surface area contributed by atoms with Crippen molar-refractivity contribution in [2.24, 2.45) is 0 Å². The number of aromatic amines is 1. The summed E-state index contributed by atoms with van der Waals surface area (Å²) in [5, 5.41) is 9.22. The number of nitrogens with zero attached hydrogens (tertiary/aromatic N) is 2. The molecule has 0 aliphatic heterocycles. The van der Waals surface area contributed by atoms with Gasteiger partial charge in [0.1, 0.15) is 0 Å². The Morgan fingerprint density at radius 2 is 2.17 bits per heavy atom. The summed E-state index contributed by atoms with van der Waals surface area (Å²) >= 11 is 1.64. The van der Waals surface area contributed by atoms with Gasteiger partial charge in [-0.2, -0.15) is 5.10 Å². The molecule has 3 aromatic rings. The molecule has 90 valence electrons. The Hall–Kier alpha value is -2.14. The van der Waals surface area contributed by atoms with Gasteiger partial charge in [0.05, 0.1) is 4.88 Å². The molecule has 0 saturated carbocycles.